The van der Waals surface area contributed by atoms with Crippen LogP contribution >= 0.6 is 0 Å². The van der Waals surface area contributed by atoms with Crippen LogP contribution in [0.1, 0.15) is 38.5 Å². The topological polar surface area (TPSA) is 33.6 Å². The molecule has 0 spiro atoms. The number of nitrogens with zero attached hydrogens (tertiary/aromatic N) is 1. The van der Waals surface area contributed by atoms with Gasteiger partial charge in [0.25, 0.3) is 0 Å². The summed E-state index contributed by atoms with van der Waals surface area (Å²) in [4.78, 5) is 4.52. The number of rotatable bonds is 5. The molecule has 0 unspecified atom stereocenters. The Morgan fingerprint density at radius 2 is 2.21 bits per heavy atom. The molecule has 0 atom stereocenters. The minimum Gasteiger partial charge on any atom is -0.385 e. The number of unbranched alkanes of at least 4 members (excludes halogenated alkanes) is 1. The normalized spacial score (nSPS) is 17.4. The first kappa shape index (κ1) is 11.5. The largest absolute Gasteiger partial charge is 0.385 e. The Bertz CT molecular complexity index is 169. The maximum Gasteiger partial charge on any atom is 0.0963 e. The SMILES string of the molecule is COCCCCNC1=NCCCCC1. The highest BCUT2D eigenvalue weighted by Gasteiger charge is 2.02. The minimum absolute atomic E-state index is 0.869. The number of hydrogen-bond donors (Lipinski definition) is 1. The average molecular weight is 198 g/mol. The summed E-state index contributed by atoms with van der Waals surface area (Å²) < 4.78 is 5.00. The number of methoxy groups -OCH3 is 1. The second kappa shape index (κ2) is 7.80. The maximum atomic E-state index is 5.00. The molecular weight excluding hydrogens is 176 g/mol. The third-order valence-corrected chi connectivity index (χ3v) is 2.48. The van der Waals surface area contributed by atoms with Gasteiger partial charge in [0.2, 0.25) is 0 Å². The first-order chi connectivity index (χ1) is 6.93. The summed E-state index contributed by atoms with van der Waals surface area (Å²) in [5.41, 5.74) is 0. The molecule has 1 N–H and O–H groups in total. The van der Waals surface area contributed by atoms with Crippen molar-refractivity contribution >= 4 is 5.84 Å². The molecule has 3 nitrogen and oxygen atoms in total. The average Bonchev–Trinajstić information content (AvgIpc) is 2.46. The van der Waals surface area contributed by atoms with Crippen LogP contribution in [0.4, 0.5) is 0 Å². The van der Waals surface area contributed by atoms with Crippen LogP contribution in [0.2, 0.25) is 0 Å². The summed E-state index contributed by atoms with van der Waals surface area (Å²) in [6, 6.07) is 0. The Balaban J connectivity index is 2.01. The summed E-state index contributed by atoms with van der Waals surface area (Å²) >= 11 is 0. The molecule has 0 saturated heterocycles. The lowest BCUT2D eigenvalue weighted by molar-refractivity contribution is 0.193. The Morgan fingerprint density at radius 1 is 1.29 bits per heavy atom. The van der Waals surface area contributed by atoms with Gasteiger partial charge in [-0.05, 0) is 25.7 Å². The molecule has 0 saturated carbocycles. The molecule has 0 aromatic rings. The molecular formula is C11H22N2O. The highest BCUT2D eigenvalue weighted by Crippen LogP contribution is 2.05. The zero-order valence-corrected chi connectivity index (χ0v) is 9.22. The van der Waals surface area contributed by atoms with E-state index < -0.39 is 0 Å². The van der Waals surface area contributed by atoms with E-state index in [1.807, 2.05) is 0 Å². The summed E-state index contributed by atoms with van der Waals surface area (Å²) in [5.74, 6) is 1.22. The van der Waals surface area contributed by atoms with Crippen LogP contribution in [-0.2, 0) is 4.74 Å². The summed E-state index contributed by atoms with van der Waals surface area (Å²) in [7, 11) is 1.75. The van der Waals surface area contributed by atoms with Crippen LogP contribution in [0.3, 0.4) is 0 Å². The predicted octanol–water partition coefficient (Wildman–Crippen LogP) is 1.98. The van der Waals surface area contributed by atoms with Gasteiger partial charge in [-0.15, -0.1) is 0 Å². The van der Waals surface area contributed by atoms with Crippen molar-refractivity contribution in [3.8, 4) is 0 Å². The van der Waals surface area contributed by atoms with Crippen molar-refractivity contribution in [3.05, 3.63) is 0 Å². The van der Waals surface area contributed by atoms with E-state index in [1.54, 1.807) is 7.11 Å². The fraction of sp³-hybridized carbons (Fsp3) is 0.909. The quantitative estimate of drug-likeness (QED) is 0.685. The summed E-state index contributed by atoms with van der Waals surface area (Å²) in [6.45, 7) is 2.93. The van der Waals surface area contributed by atoms with Crippen molar-refractivity contribution < 1.29 is 4.74 Å². The number of aliphatic imine (C=N–C) groups is 1. The minimum atomic E-state index is 0.869. The van der Waals surface area contributed by atoms with E-state index in [2.05, 4.69) is 10.3 Å². The van der Waals surface area contributed by atoms with Crippen LogP contribution in [-0.4, -0.2) is 32.6 Å². The molecule has 0 amide bonds. The van der Waals surface area contributed by atoms with E-state index in [0.717, 1.165) is 32.5 Å². The molecule has 1 heterocycles. The Morgan fingerprint density at radius 3 is 3.07 bits per heavy atom. The molecule has 0 bridgehead atoms. The zero-order valence-electron chi connectivity index (χ0n) is 9.22. The van der Waals surface area contributed by atoms with Crippen molar-refractivity contribution in [1.29, 1.82) is 0 Å². The molecule has 0 fully saturated rings. The van der Waals surface area contributed by atoms with Gasteiger partial charge in [0.1, 0.15) is 0 Å². The smallest absolute Gasteiger partial charge is 0.0963 e. The van der Waals surface area contributed by atoms with Crippen molar-refractivity contribution in [3.63, 3.8) is 0 Å². The van der Waals surface area contributed by atoms with Crippen molar-refractivity contribution in [1.82, 2.24) is 5.32 Å². The van der Waals surface area contributed by atoms with E-state index in [1.165, 1.54) is 31.5 Å². The molecule has 0 aromatic heterocycles. The first-order valence-corrected chi connectivity index (χ1v) is 5.69. The van der Waals surface area contributed by atoms with Crippen molar-refractivity contribution in [2.75, 3.05) is 26.8 Å². The number of nitrogens with one attached hydrogen (secondary N) is 1. The van der Waals surface area contributed by atoms with E-state index in [0.29, 0.717) is 0 Å². The van der Waals surface area contributed by atoms with Gasteiger partial charge < -0.3 is 10.1 Å². The second-order valence-electron chi connectivity index (χ2n) is 3.77. The lowest BCUT2D eigenvalue weighted by Crippen LogP contribution is -2.24. The lowest BCUT2D eigenvalue weighted by atomic mass is 10.2. The van der Waals surface area contributed by atoms with E-state index in [4.69, 9.17) is 4.74 Å². The van der Waals surface area contributed by atoms with Crippen LogP contribution in [0.25, 0.3) is 0 Å². The molecule has 82 valence electrons. The van der Waals surface area contributed by atoms with Crippen LogP contribution in [0, 0.1) is 0 Å². The van der Waals surface area contributed by atoms with Gasteiger partial charge in [0.05, 0.1) is 5.84 Å². The van der Waals surface area contributed by atoms with Gasteiger partial charge in [-0.3, -0.25) is 4.99 Å². The van der Waals surface area contributed by atoms with Crippen molar-refractivity contribution in [2.24, 2.45) is 4.99 Å². The van der Waals surface area contributed by atoms with Crippen LogP contribution in [0.5, 0.6) is 0 Å². The molecule has 0 radical (unpaired) electrons. The monoisotopic (exact) mass is 198 g/mol. The number of hydrogen-bond acceptors (Lipinski definition) is 3. The first-order valence-electron chi connectivity index (χ1n) is 5.69. The maximum absolute atomic E-state index is 5.00. The molecule has 1 aliphatic heterocycles. The Hall–Kier alpha value is -0.570. The van der Waals surface area contributed by atoms with Crippen LogP contribution < -0.4 is 5.32 Å². The standard InChI is InChI=1S/C11H22N2O/c1-14-10-6-5-9-13-11-7-3-2-4-8-12-11/h2-10H2,1H3,(H,12,13). The van der Waals surface area contributed by atoms with Gasteiger partial charge in [0.15, 0.2) is 0 Å². The van der Waals surface area contributed by atoms with Gasteiger partial charge in [-0.25, -0.2) is 0 Å². The molecule has 1 aliphatic rings. The van der Waals surface area contributed by atoms with Gasteiger partial charge in [0, 0.05) is 33.2 Å². The van der Waals surface area contributed by atoms with Crippen LogP contribution in [0.15, 0.2) is 4.99 Å². The molecule has 3 heteroatoms. The van der Waals surface area contributed by atoms with Gasteiger partial charge in [-0.2, -0.15) is 0 Å². The highest BCUT2D eigenvalue weighted by atomic mass is 16.5. The third kappa shape index (κ3) is 5.22. The number of amidine groups is 1. The molecule has 14 heavy (non-hydrogen) atoms. The van der Waals surface area contributed by atoms with Crippen molar-refractivity contribution in [2.45, 2.75) is 38.5 Å². The van der Waals surface area contributed by atoms with Gasteiger partial charge in [-0.1, -0.05) is 6.42 Å². The zero-order chi connectivity index (χ0) is 10.1. The molecule has 0 aromatic carbocycles. The Labute approximate surface area is 86.9 Å². The number of ether oxygens (including phenoxy) is 1. The van der Waals surface area contributed by atoms with E-state index >= 15 is 0 Å². The van der Waals surface area contributed by atoms with E-state index in [-0.39, 0.29) is 0 Å². The Kier molecular flexibility index (Phi) is 6.41. The lowest BCUT2D eigenvalue weighted by Gasteiger charge is -2.07. The fourth-order valence-corrected chi connectivity index (χ4v) is 1.62. The second-order valence-corrected chi connectivity index (χ2v) is 3.77. The summed E-state index contributed by atoms with van der Waals surface area (Å²) in [5, 5.41) is 3.41. The fourth-order valence-electron chi connectivity index (χ4n) is 1.62. The third-order valence-electron chi connectivity index (χ3n) is 2.48. The molecule has 0 aliphatic carbocycles. The van der Waals surface area contributed by atoms with E-state index in [9.17, 15) is 0 Å². The highest BCUT2D eigenvalue weighted by molar-refractivity contribution is 5.82. The summed E-state index contributed by atoms with van der Waals surface area (Å²) in [6.07, 6.45) is 7.34. The predicted molar refractivity (Wildman–Crippen MR) is 59.9 cm³/mol. The molecule has 1 rings (SSSR count). The van der Waals surface area contributed by atoms with Gasteiger partial charge >= 0.3 is 0 Å².